The molecular weight excluding hydrogens is 580 g/mol. The number of nitrogens with two attached hydrogens (primary N) is 1. The van der Waals surface area contributed by atoms with Crippen molar-refractivity contribution in [2.24, 2.45) is 5.73 Å². The molecule has 0 aliphatic heterocycles. The lowest BCUT2D eigenvalue weighted by molar-refractivity contribution is -0.142. The van der Waals surface area contributed by atoms with Crippen molar-refractivity contribution in [3.63, 3.8) is 0 Å². The monoisotopic (exact) mass is 630 g/mol. The molecule has 3 rings (SSSR count). The zero-order valence-corrected chi connectivity index (χ0v) is 28.2. The molecule has 9 heteroatoms. The maximum atomic E-state index is 14.5. The van der Waals surface area contributed by atoms with Gasteiger partial charge in [-0.25, -0.2) is 4.79 Å². The smallest absolute Gasteiger partial charge is 0.408 e. The Morgan fingerprint density at radius 3 is 2.11 bits per heavy atom. The van der Waals surface area contributed by atoms with Crippen LogP contribution in [0, 0.1) is 13.8 Å². The number of carbonyl (C=O) groups is 4. The van der Waals surface area contributed by atoms with Crippen LogP contribution in [0.4, 0.5) is 10.5 Å². The molecule has 0 aliphatic carbocycles. The van der Waals surface area contributed by atoms with Gasteiger partial charge in [0.2, 0.25) is 11.8 Å². The van der Waals surface area contributed by atoms with Crippen LogP contribution in [-0.2, 0) is 19.1 Å². The van der Waals surface area contributed by atoms with Crippen LogP contribution >= 0.6 is 0 Å². The molecule has 248 valence electrons. The maximum Gasteiger partial charge on any atom is 0.408 e. The summed E-state index contributed by atoms with van der Waals surface area (Å²) in [6.45, 7) is 11.3. The zero-order valence-electron chi connectivity index (χ0n) is 28.2. The highest BCUT2D eigenvalue weighted by atomic mass is 16.6. The normalized spacial score (nSPS) is 12.7. The van der Waals surface area contributed by atoms with Crippen molar-refractivity contribution < 1.29 is 23.9 Å². The number of hydrogen-bond acceptors (Lipinski definition) is 5. The molecule has 4 N–H and O–H groups in total. The van der Waals surface area contributed by atoms with Crippen molar-refractivity contribution >= 4 is 40.3 Å². The largest absolute Gasteiger partial charge is 0.444 e. The lowest BCUT2D eigenvalue weighted by Crippen LogP contribution is -2.54. The molecule has 9 nitrogen and oxygen atoms in total. The Bertz CT molecular complexity index is 1490. The topological polar surface area (TPSA) is 131 Å². The molecule has 2 atom stereocenters. The van der Waals surface area contributed by atoms with E-state index < -0.39 is 47.9 Å². The molecule has 0 spiro atoms. The van der Waals surface area contributed by atoms with Crippen molar-refractivity contribution in [2.45, 2.75) is 104 Å². The molecule has 4 amide bonds. The lowest BCUT2D eigenvalue weighted by atomic mass is 9.93. The lowest BCUT2D eigenvalue weighted by Gasteiger charge is -2.35. The zero-order chi connectivity index (χ0) is 33.9. The number of unbranched alkanes of at least 4 members (excludes halogenated alkanes) is 5. The summed E-state index contributed by atoms with van der Waals surface area (Å²) in [5, 5.41) is 7.62. The molecule has 2 unspecified atom stereocenters. The quantitative estimate of drug-likeness (QED) is 0.154. The van der Waals surface area contributed by atoms with E-state index in [1.54, 1.807) is 20.8 Å². The second-order valence-corrected chi connectivity index (χ2v) is 12.9. The van der Waals surface area contributed by atoms with Gasteiger partial charge >= 0.3 is 6.09 Å². The Balaban J connectivity index is 2.07. The summed E-state index contributed by atoms with van der Waals surface area (Å²) in [6, 6.07) is 16.9. The van der Waals surface area contributed by atoms with Crippen LogP contribution in [-0.4, -0.2) is 46.9 Å². The number of aryl methyl sites for hydroxylation is 2. The van der Waals surface area contributed by atoms with E-state index in [1.807, 2.05) is 74.5 Å². The third-order valence-corrected chi connectivity index (χ3v) is 7.82. The summed E-state index contributed by atoms with van der Waals surface area (Å²) in [5.41, 5.74) is 7.69. The molecule has 0 fully saturated rings. The van der Waals surface area contributed by atoms with E-state index >= 15 is 0 Å². The van der Waals surface area contributed by atoms with Gasteiger partial charge in [-0.15, -0.1) is 0 Å². The molecule has 0 aliphatic rings. The van der Waals surface area contributed by atoms with E-state index in [1.165, 1.54) is 4.90 Å². The highest BCUT2D eigenvalue weighted by Gasteiger charge is 2.38. The summed E-state index contributed by atoms with van der Waals surface area (Å²) in [4.78, 5) is 55.4. The minimum atomic E-state index is -1.33. The van der Waals surface area contributed by atoms with Crippen LogP contribution in [0.15, 0.2) is 60.7 Å². The number of rotatable bonds is 15. The molecule has 46 heavy (non-hydrogen) atoms. The van der Waals surface area contributed by atoms with Gasteiger partial charge in [0.25, 0.3) is 5.91 Å². The summed E-state index contributed by atoms with van der Waals surface area (Å²) < 4.78 is 5.41. The SMILES string of the molecule is CCCCCCCCN(C(=O)C(CC(N)=O)NC(=O)OC(C)(C)C)C(C(=O)Nc1ccc2ccccc2c1)c1c(C)cccc1C. The molecule has 0 bridgehead atoms. The molecule has 0 saturated heterocycles. The summed E-state index contributed by atoms with van der Waals surface area (Å²) in [6.07, 6.45) is 4.51. The first kappa shape index (κ1) is 36.1. The minimum Gasteiger partial charge on any atom is -0.444 e. The van der Waals surface area contributed by atoms with E-state index in [0.717, 1.165) is 54.0 Å². The average Bonchev–Trinajstić information content (AvgIpc) is 2.97. The van der Waals surface area contributed by atoms with Gasteiger partial charge in [-0.1, -0.05) is 87.6 Å². The van der Waals surface area contributed by atoms with Crippen molar-refractivity contribution in [1.29, 1.82) is 0 Å². The Labute approximate surface area is 273 Å². The molecule has 0 aromatic heterocycles. The van der Waals surface area contributed by atoms with Gasteiger partial charge in [0.15, 0.2) is 0 Å². The summed E-state index contributed by atoms with van der Waals surface area (Å²) in [7, 11) is 0. The molecule has 3 aromatic carbocycles. The van der Waals surface area contributed by atoms with Crippen molar-refractivity contribution in [3.8, 4) is 0 Å². The van der Waals surface area contributed by atoms with Gasteiger partial charge in [0.1, 0.15) is 17.7 Å². The first-order valence-corrected chi connectivity index (χ1v) is 16.2. The van der Waals surface area contributed by atoms with E-state index in [4.69, 9.17) is 10.5 Å². The van der Waals surface area contributed by atoms with E-state index in [0.29, 0.717) is 17.7 Å². The fourth-order valence-electron chi connectivity index (χ4n) is 5.65. The fourth-order valence-corrected chi connectivity index (χ4v) is 5.65. The minimum absolute atomic E-state index is 0.236. The number of amides is 4. The van der Waals surface area contributed by atoms with Crippen LogP contribution < -0.4 is 16.4 Å². The number of primary amides is 1. The van der Waals surface area contributed by atoms with E-state index in [9.17, 15) is 19.2 Å². The molecule has 0 saturated carbocycles. The van der Waals surface area contributed by atoms with Crippen LogP contribution in [0.2, 0.25) is 0 Å². The molecular formula is C37H50N4O5. The highest BCUT2D eigenvalue weighted by molar-refractivity contribution is 6.01. The Kier molecular flexibility index (Phi) is 13.2. The Morgan fingerprint density at radius 1 is 0.848 bits per heavy atom. The van der Waals surface area contributed by atoms with Crippen LogP contribution in [0.25, 0.3) is 10.8 Å². The molecule has 3 aromatic rings. The standard InChI is InChI=1S/C37H50N4O5/c1-7-8-9-10-11-14-22-41(35(44)30(24-31(38)42)40-36(45)46-37(4,5)6)33(32-25(2)16-15-17-26(32)3)34(43)39-29-21-20-27-18-12-13-19-28(27)23-29/h12-13,15-21,23,30,33H,7-11,14,22,24H2,1-6H3,(H2,38,42)(H,39,43)(H,40,45). The van der Waals surface area contributed by atoms with Crippen molar-refractivity contribution in [3.05, 3.63) is 77.4 Å². The Morgan fingerprint density at radius 2 is 1.48 bits per heavy atom. The number of ether oxygens (including phenoxy) is 1. The highest BCUT2D eigenvalue weighted by Crippen LogP contribution is 2.31. The molecule has 0 heterocycles. The van der Waals surface area contributed by atoms with E-state index in [2.05, 4.69) is 17.6 Å². The Hall–Kier alpha value is -4.40. The molecule has 0 radical (unpaired) electrons. The van der Waals surface area contributed by atoms with Gasteiger partial charge in [0, 0.05) is 12.2 Å². The van der Waals surface area contributed by atoms with Gasteiger partial charge in [-0.05, 0) is 80.6 Å². The van der Waals surface area contributed by atoms with Gasteiger partial charge < -0.3 is 26.0 Å². The first-order valence-electron chi connectivity index (χ1n) is 16.2. The number of fused-ring (bicyclic) bond motifs is 1. The summed E-state index contributed by atoms with van der Waals surface area (Å²) in [5.74, 6) is -1.75. The predicted molar refractivity (Wildman–Crippen MR) is 183 cm³/mol. The number of anilines is 1. The number of benzene rings is 3. The second-order valence-electron chi connectivity index (χ2n) is 12.9. The number of hydrogen-bond donors (Lipinski definition) is 3. The number of nitrogens with zero attached hydrogens (tertiary/aromatic N) is 1. The fraction of sp³-hybridized carbons (Fsp3) is 0.459. The predicted octanol–water partition coefficient (Wildman–Crippen LogP) is 7.09. The van der Waals surface area contributed by atoms with Crippen LogP contribution in [0.3, 0.4) is 0 Å². The average molecular weight is 631 g/mol. The van der Waals surface area contributed by atoms with Crippen LogP contribution in [0.1, 0.15) is 95.4 Å². The first-order chi connectivity index (χ1) is 21.8. The third kappa shape index (κ3) is 10.6. The third-order valence-electron chi connectivity index (χ3n) is 7.82. The second kappa shape index (κ2) is 16.8. The van der Waals surface area contributed by atoms with Crippen molar-refractivity contribution in [1.82, 2.24) is 10.2 Å². The number of nitrogens with one attached hydrogen (secondary N) is 2. The van der Waals surface area contributed by atoms with Crippen LogP contribution in [0.5, 0.6) is 0 Å². The van der Waals surface area contributed by atoms with Gasteiger partial charge in [-0.3, -0.25) is 14.4 Å². The van der Waals surface area contributed by atoms with E-state index in [-0.39, 0.29) is 6.54 Å². The van der Waals surface area contributed by atoms with Crippen molar-refractivity contribution in [2.75, 3.05) is 11.9 Å². The summed E-state index contributed by atoms with van der Waals surface area (Å²) >= 11 is 0. The maximum absolute atomic E-state index is 14.5. The van der Waals surface area contributed by atoms with Gasteiger partial charge in [0.05, 0.1) is 6.42 Å². The number of carbonyl (C=O) groups excluding carboxylic acids is 4. The van der Waals surface area contributed by atoms with Gasteiger partial charge in [-0.2, -0.15) is 0 Å². The number of alkyl carbamates (subject to hydrolysis) is 1.